The van der Waals surface area contributed by atoms with Gasteiger partial charge in [0.1, 0.15) is 5.69 Å². The maximum absolute atomic E-state index is 5.55. The molecule has 172 valence electrons. The summed E-state index contributed by atoms with van der Waals surface area (Å²) in [5.41, 5.74) is 4.94. The minimum absolute atomic E-state index is 0.231. The Kier molecular flexibility index (Phi) is 6.24. The van der Waals surface area contributed by atoms with Crippen LogP contribution in [0, 0.1) is 6.92 Å². The van der Waals surface area contributed by atoms with Crippen molar-refractivity contribution in [3.05, 3.63) is 48.2 Å². The number of rotatable bonds is 8. The number of ether oxygens (including phenoxy) is 2. The van der Waals surface area contributed by atoms with Crippen LogP contribution in [0.3, 0.4) is 0 Å². The van der Waals surface area contributed by atoms with Gasteiger partial charge in [-0.2, -0.15) is 5.10 Å². The molecule has 4 heterocycles. The number of nitrogens with one attached hydrogen (secondary N) is 1. The lowest BCUT2D eigenvalue weighted by Gasteiger charge is -2.22. The van der Waals surface area contributed by atoms with Crippen LogP contribution in [0.15, 0.2) is 36.8 Å². The zero-order chi connectivity index (χ0) is 23.6. The summed E-state index contributed by atoms with van der Waals surface area (Å²) in [6, 6.07) is 5.75. The van der Waals surface area contributed by atoms with Gasteiger partial charge >= 0.3 is 0 Å². The van der Waals surface area contributed by atoms with Gasteiger partial charge in [-0.15, -0.1) is 0 Å². The summed E-state index contributed by atoms with van der Waals surface area (Å²) < 4.78 is 12.9. The average Bonchev–Trinajstić information content (AvgIpc) is 3.16. The van der Waals surface area contributed by atoms with Gasteiger partial charge in [0.25, 0.3) is 0 Å². The largest absolute Gasteiger partial charge is 0.479 e. The van der Waals surface area contributed by atoms with Crippen LogP contribution in [0.2, 0.25) is 0 Å². The van der Waals surface area contributed by atoms with E-state index in [0.29, 0.717) is 17.5 Å². The second-order valence-electron chi connectivity index (χ2n) is 8.50. The molecule has 0 aliphatic carbocycles. The van der Waals surface area contributed by atoms with Gasteiger partial charge in [0, 0.05) is 43.2 Å². The van der Waals surface area contributed by atoms with E-state index < -0.39 is 0 Å². The number of hydrogen-bond donors (Lipinski definition) is 1. The first kappa shape index (κ1) is 22.6. The fourth-order valence-electron chi connectivity index (χ4n) is 3.49. The van der Waals surface area contributed by atoms with Crippen LogP contribution in [0.4, 0.5) is 11.6 Å². The normalized spacial score (nSPS) is 11.7. The van der Waals surface area contributed by atoms with Gasteiger partial charge in [0.15, 0.2) is 0 Å². The topological polar surface area (TPSA) is 99.9 Å². The van der Waals surface area contributed by atoms with E-state index in [9.17, 15) is 0 Å². The Morgan fingerprint density at radius 3 is 2.58 bits per heavy atom. The summed E-state index contributed by atoms with van der Waals surface area (Å²) in [4.78, 5) is 18.4. The summed E-state index contributed by atoms with van der Waals surface area (Å²) in [7, 11) is 5.22. The lowest BCUT2D eigenvalue weighted by atomic mass is 10.0. The molecule has 33 heavy (non-hydrogen) atoms. The fraction of sp³-hybridized carbons (Fsp3) is 0.375. The second kappa shape index (κ2) is 9.11. The van der Waals surface area contributed by atoms with Crippen LogP contribution in [-0.2, 0) is 18.2 Å². The van der Waals surface area contributed by atoms with Crippen molar-refractivity contribution < 1.29 is 9.47 Å². The Morgan fingerprint density at radius 1 is 1.06 bits per heavy atom. The van der Waals surface area contributed by atoms with Crippen molar-refractivity contribution in [2.24, 2.45) is 7.05 Å². The zero-order valence-corrected chi connectivity index (χ0v) is 19.9. The Hall–Kier alpha value is -3.59. The minimum atomic E-state index is -0.231. The molecule has 0 aromatic carbocycles. The lowest BCUT2D eigenvalue weighted by molar-refractivity contribution is 0.0156. The van der Waals surface area contributed by atoms with Crippen molar-refractivity contribution in [2.75, 3.05) is 19.5 Å². The highest BCUT2D eigenvalue weighted by molar-refractivity contribution is 5.81. The van der Waals surface area contributed by atoms with Crippen LogP contribution in [0.1, 0.15) is 31.7 Å². The van der Waals surface area contributed by atoms with Gasteiger partial charge in [-0.1, -0.05) is 0 Å². The number of hydrogen-bond acceptors (Lipinski definition) is 8. The molecule has 0 amide bonds. The maximum atomic E-state index is 5.55. The SMILES string of the molecule is COc1nc(-c2cnn(C)c2C)ccc1Nc1ncc2ccnc(CCC(C)(C)OC)c2n1. The second-order valence-corrected chi connectivity index (χ2v) is 8.50. The fourth-order valence-corrected chi connectivity index (χ4v) is 3.49. The summed E-state index contributed by atoms with van der Waals surface area (Å²) >= 11 is 0. The number of aromatic nitrogens is 6. The van der Waals surface area contributed by atoms with Gasteiger partial charge in [0.2, 0.25) is 11.8 Å². The van der Waals surface area contributed by atoms with Gasteiger partial charge in [-0.25, -0.2) is 15.0 Å². The molecule has 0 saturated heterocycles. The first-order chi connectivity index (χ1) is 15.8. The highest BCUT2D eigenvalue weighted by Crippen LogP contribution is 2.30. The van der Waals surface area contributed by atoms with E-state index >= 15 is 0 Å². The maximum Gasteiger partial charge on any atom is 0.238 e. The monoisotopic (exact) mass is 447 g/mol. The minimum Gasteiger partial charge on any atom is -0.479 e. The number of aryl methyl sites for hydroxylation is 2. The average molecular weight is 448 g/mol. The van der Waals surface area contributed by atoms with Gasteiger partial charge in [-0.3, -0.25) is 9.67 Å². The highest BCUT2D eigenvalue weighted by atomic mass is 16.5. The van der Waals surface area contributed by atoms with E-state index in [0.717, 1.165) is 46.4 Å². The van der Waals surface area contributed by atoms with Crippen molar-refractivity contribution >= 4 is 22.5 Å². The van der Waals surface area contributed by atoms with Crippen molar-refractivity contribution in [2.45, 2.75) is 39.2 Å². The molecule has 0 radical (unpaired) electrons. The van der Waals surface area contributed by atoms with E-state index in [-0.39, 0.29) is 5.60 Å². The molecule has 0 saturated carbocycles. The number of fused-ring (bicyclic) bond motifs is 1. The zero-order valence-electron chi connectivity index (χ0n) is 19.9. The molecule has 4 aromatic rings. The summed E-state index contributed by atoms with van der Waals surface area (Å²) in [6.45, 7) is 6.14. The predicted molar refractivity (Wildman–Crippen MR) is 128 cm³/mol. The van der Waals surface area contributed by atoms with E-state index in [1.165, 1.54) is 0 Å². The number of anilines is 2. The van der Waals surface area contributed by atoms with Crippen LogP contribution < -0.4 is 10.1 Å². The number of methoxy groups -OCH3 is 2. The van der Waals surface area contributed by atoms with Crippen LogP contribution in [0.5, 0.6) is 5.88 Å². The van der Waals surface area contributed by atoms with Crippen LogP contribution in [0.25, 0.3) is 22.2 Å². The predicted octanol–water partition coefficient (Wildman–Crippen LogP) is 4.24. The van der Waals surface area contributed by atoms with Crippen molar-refractivity contribution in [1.29, 1.82) is 0 Å². The molecule has 4 aromatic heterocycles. The van der Waals surface area contributed by atoms with Crippen LogP contribution in [-0.4, -0.2) is 49.5 Å². The first-order valence-corrected chi connectivity index (χ1v) is 10.8. The summed E-state index contributed by atoms with van der Waals surface area (Å²) in [6.07, 6.45) is 6.97. The van der Waals surface area contributed by atoms with Crippen molar-refractivity contribution in [1.82, 2.24) is 29.7 Å². The number of pyridine rings is 2. The molecule has 0 spiro atoms. The molecule has 0 aliphatic rings. The third-order valence-corrected chi connectivity index (χ3v) is 5.90. The molecular weight excluding hydrogens is 418 g/mol. The Balaban J connectivity index is 1.63. The third kappa shape index (κ3) is 4.78. The Bertz CT molecular complexity index is 1280. The van der Waals surface area contributed by atoms with E-state index in [1.807, 2.05) is 36.9 Å². The van der Waals surface area contributed by atoms with E-state index in [4.69, 9.17) is 14.5 Å². The summed E-state index contributed by atoms with van der Waals surface area (Å²) in [5.74, 6) is 0.904. The summed E-state index contributed by atoms with van der Waals surface area (Å²) in [5, 5.41) is 8.48. The molecule has 0 fully saturated rings. The van der Waals surface area contributed by atoms with Gasteiger partial charge < -0.3 is 14.8 Å². The Morgan fingerprint density at radius 2 is 1.88 bits per heavy atom. The standard InChI is InChI=1S/C24H29N7O2/c1-15-17(14-27-31(15)4)18-7-8-20(22(28-18)32-5)29-23-26-13-16-10-12-25-19(21(16)30-23)9-11-24(2,3)33-6/h7-8,10,12-14H,9,11H2,1-6H3,(H,26,29,30). The van der Waals surface area contributed by atoms with Crippen molar-refractivity contribution in [3.63, 3.8) is 0 Å². The molecule has 9 heteroatoms. The first-order valence-electron chi connectivity index (χ1n) is 10.8. The molecule has 0 unspecified atom stereocenters. The van der Waals surface area contributed by atoms with Crippen molar-refractivity contribution in [3.8, 4) is 17.1 Å². The lowest BCUT2D eigenvalue weighted by Crippen LogP contribution is -2.23. The van der Waals surface area contributed by atoms with Crippen LogP contribution >= 0.6 is 0 Å². The molecule has 4 rings (SSSR count). The highest BCUT2D eigenvalue weighted by Gasteiger charge is 2.18. The smallest absolute Gasteiger partial charge is 0.238 e. The van der Waals surface area contributed by atoms with E-state index in [1.54, 1.807) is 32.8 Å². The van der Waals surface area contributed by atoms with Gasteiger partial charge in [0.05, 0.1) is 35.8 Å². The Labute approximate surface area is 193 Å². The molecule has 0 bridgehead atoms. The van der Waals surface area contributed by atoms with Gasteiger partial charge in [-0.05, 0) is 51.8 Å². The third-order valence-electron chi connectivity index (χ3n) is 5.90. The molecule has 1 N–H and O–H groups in total. The number of nitrogens with zero attached hydrogens (tertiary/aromatic N) is 6. The van der Waals surface area contributed by atoms with E-state index in [2.05, 4.69) is 39.2 Å². The quantitative estimate of drug-likeness (QED) is 0.428. The molecule has 0 aliphatic heterocycles. The molecule has 9 nitrogen and oxygen atoms in total. The molecule has 0 atom stereocenters. The molecular formula is C24H29N7O2.